The molecule has 1 atom stereocenters. The number of aromatic nitrogens is 3. The summed E-state index contributed by atoms with van der Waals surface area (Å²) in [6.07, 6.45) is 2.68. The Hall–Kier alpha value is -5.27. The monoisotopic (exact) mass is 617 g/mol. The van der Waals surface area contributed by atoms with Crippen LogP contribution >= 0.6 is 0 Å². The predicted octanol–water partition coefficient (Wildman–Crippen LogP) is 6.89. The molecule has 0 amide bonds. The molecule has 0 unspecified atom stereocenters. The van der Waals surface area contributed by atoms with Gasteiger partial charge >= 0.3 is 5.97 Å². The first-order valence-electron chi connectivity index (χ1n) is 15.3. The van der Waals surface area contributed by atoms with Gasteiger partial charge in [0.1, 0.15) is 23.2 Å². The van der Waals surface area contributed by atoms with Gasteiger partial charge in [-0.05, 0) is 67.3 Å². The van der Waals surface area contributed by atoms with Crippen LogP contribution in [0, 0.1) is 12.4 Å². The van der Waals surface area contributed by atoms with Gasteiger partial charge in [-0.1, -0.05) is 29.8 Å². The Labute approximate surface area is 265 Å². The number of ether oxygens (including phenoxy) is 3. The summed E-state index contributed by atoms with van der Waals surface area (Å²) in [7, 11) is 1.36. The molecule has 0 spiro atoms. The summed E-state index contributed by atoms with van der Waals surface area (Å²) in [4.78, 5) is 25.6. The molecule has 46 heavy (non-hydrogen) atoms. The van der Waals surface area contributed by atoms with Crippen LogP contribution in [0.2, 0.25) is 0 Å². The molecule has 1 saturated heterocycles. The number of halogens is 1. The first-order chi connectivity index (χ1) is 22.5. The third kappa shape index (κ3) is 5.89. The van der Waals surface area contributed by atoms with Crippen LogP contribution in [0.15, 0.2) is 66.7 Å². The van der Waals surface area contributed by atoms with Crippen molar-refractivity contribution in [1.82, 2.24) is 14.5 Å². The van der Waals surface area contributed by atoms with Crippen LogP contribution < -0.4 is 10.1 Å². The lowest BCUT2D eigenvalue weighted by Crippen LogP contribution is -2.31. The van der Waals surface area contributed by atoms with Gasteiger partial charge in [-0.2, -0.15) is 0 Å². The number of hydrogen-bond donors (Lipinski definition) is 1. The minimum absolute atomic E-state index is 0.0320. The summed E-state index contributed by atoms with van der Waals surface area (Å²) in [6, 6.07) is 19.7. The maximum absolute atomic E-state index is 15.9. The fraction of sp³-hybridized carbons (Fsp3) is 0.278. The van der Waals surface area contributed by atoms with Crippen molar-refractivity contribution in [1.29, 1.82) is 0 Å². The minimum Gasteiger partial charge on any atom is -0.493 e. The van der Waals surface area contributed by atoms with Crippen LogP contribution in [0.4, 0.5) is 15.9 Å². The zero-order chi connectivity index (χ0) is 31.6. The Bertz CT molecular complexity index is 2000. The highest BCUT2D eigenvalue weighted by molar-refractivity contribution is 5.93. The molecular weight excluding hydrogens is 585 g/mol. The van der Waals surface area contributed by atoms with Crippen molar-refractivity contribution in [3.05, 3.63) is 112 Å². The van der Waals surface area contributed by atoms with Crippen LogP contribution in [-0.4, -0.2) is 46.9 Å². The number of anilines is 1. The van der Waals surface area contributed by atoms with Crippen LogP contribution in [0.1, 0.15) is 45.7 Å². The van der Waals surface area contributed by atoms with E-state index in [1.807, 2.05) is 30.3 Å². The third-order valence-electron chi connectivity index (χ3n) is 8.58. The average Bonchev–Trinajstić information content (AvgIpc) is 3.39. The topological polar surface area (TPSA) is 91.9 Å². The molecule has 232 valence electrons. The van der Waals surface area contributed by atoms with Gasteiger partial charge in [-0.15, -0.1) is 0 Å². The molecule has 4 heterocycles. The van der Waals surface area contributed by atoms with E-state index in [9.17, 15) is 4.79 Å². The largest absolute Gasteiger partial charge is 0.493 e. The highest BCUT2D eigenvalue weighted by Crippen LogP contribution is 2.33. The van der Waals surface area contributed by atoms with E-state index in [-0.39, 0.29) is 6.10 Å². The van der Waals surface area contributed by atoms with Gasteiger partial charge < -0.3 is 24.1 Å². The highest BCUT2D eigenvalue weighted by atomic mass is 19.1. The fourth-order valence-electron chi connectivity index (χ4n) is 6.02. The van der Waals surface area contributed by atoms with Crippen molar-refractivity contribution in [3.63, 3.8) is 0 Å². The number of benzene rings is 3. The SMILES string of the molecule is [C-]#[N+]c1ccc2c(c1)CCCOc1cc(c(F)cc1Cc1nc3ccc(C(=O)OC)cc3n1C[C@@H]1CCO1)-c1cccc(n1)NC2. The zero-order valence-electron chi connectivity index (χ0n) is 25.4. The number of rotatable bonds is 5. The van der Waals surface area contributed by atoms with Crippen molar-refractivity contribution in [2.45, 2.75) is 44.9 Å². The number of esters is 1. The molecule has 7 rings (SSSR count). The molecular formula is C36H32FN5O4. The molecule has 1 fully saturated rings. The molecule has 2 aromatic heterocycles. The van der Waals surface area contributed by atoms with Crippen LogP contribution in [-0.2, 0) is 35.4 Å². The number of hydrogen-bond acceptors (Lipinski definition) is 7. The van der Waals surface area contributed by atoms with E-state index >= 15 is 4.39 Å². The average molecular weight is 618 g/mol. The van der Waals surface area contributed by atoms with E-state index in [0.717, 1.165) is 35.0 Å². The first-order valence-corrected chi connectivity index (χ1v) is 15.3. The zero-order valence-corrected chi connectivity index (χ0v) is 25.4. The number of carbonyl (C=O) groups is 1. The van der Waals surface area contributed by atoms with Gasteiger partial charge in [-0.25, -0.2) is 24.0 Å². The molecule has 4 bridgehead atoms. The summed E-state index contributed by atoms with van der Waals surface area (Å²) in [6.45, 7) is 9.66. The molecule has 2 aliphatic rings. The Morgan fingerprint density at radius 1 is 1.11 bits per heavy atom. The van der Waals surface area contributed by atoms with Gasteiger partial charge in [0.25, 0.3) is 0 Å². The Morgan fingerprint density at radius 2 is 2.00 bits per heavy atom. The number of nitrogens with one attached hydrogen (secondary N) is 1. The second-order valence-corrected chi connectivity index (χ2v) is 11.5. The van der Waals surface area contributed by atoms with Crippen molar-refractivity contribution < 1.29 is 23.4 Å². The van der Waals surface area contributed by atoms with E-state index in [4.69, 9.17) is 30.8 Å². The summed E-state index contributed by atoms with van der Waals surface area (Å²) in [5, 5.41) is 3.37. The smallest absolute Gasteiger partial charge is 0.337 e. The number of methoxy groups -OCH3 is 1. The number of aryl methyl sites for hydroxylation is 1. The summed E-state index contributed by atoms with van der Waals surface area (Å²) < 4.78 is 35.1. The van der Waals surface area contributed by atoms with Crippen molar-refractivity contribution >= 4 is 28.5 Å². The molecule has 0 radical (unpaired) electrons. The van der Waals surface area contributed by atoms with Crippen molar-refractivity contribution in [3.8, 4) is 17.0 Å². The first kappa shape index (κ1) is 29.4. The van der Waals surface area contributed by atoms with Gasteiger partial charge in [0.05, 0.1) is 55.2 Å². The third-order valence-corrected chi connectivity index (χ3v) is 8.58. The van der Waals surface area contributed by atoms with Crippen LogP contribution in [0.3, 0.4) is 0 Å². The summed E-state index contributed by atoms with van der Waals surface area (Å²) in [5.41, 5.74) is 6.18. The molecule has 10 heteroatoms. The Balaban J connectivity index is 1.28. The number of carbonyl (C=O) groups excluding carboxylic acids is 1. The Morgan fingerprint density at radius 3 is 2.80 bits per heavy atom. The van der Waals surface area contributed by atoms with Crippen LogP contribution in [0.25, 0.3) is 27.1 Å². The van der Waals surface area contributed by atoms with Crippen LogP contribution in [0.5, 0.6) is 5.75 Å². The molecule has 1 N–H and O–H groups in total. The quantitative estimate of drug-likeness (QED) is 0.170. The number of nitrogens with zero attached hydrogens (tertiary/aromatic N) is 4. The number of pyridine rings is 1. The normalized spacial score (nSPS) is 15.8. The molecule has 2 aliphatic heterocycles. The van der Waals surface area contributed by atoms with E-state index in [0.29, 0.717) is 84.6 Å². The number of imidazole rings is 1. The van der Waals surface area contributed by atoms with E-state index < -0.39 is 11.8 Å². The lowest BCUT2D eigenvalue weighted by Gasteiger charge is -2.27. The summed E-state index contributed by atoms with van der Waals surface area (Å²) in [5.74, 6) is 1.05. The van der Waals surface area contributed by atoms with Gasteiger partial charge in [0.2, 0.25) is 0 Å². The standard InChI is InChI=1S/C36H32FN5O4/c1-38-26-10-8-24-20-39-34-7-3-6-30(40-34)28-19-33(46-13-4-5-22(24)15-26)25(16-29(28)37)18-35-41-31-11-9-23(36(43)44-2)17-32(31)42(35)21-27-12-14-45-27/h3,6-11,15-17,19,27H,4-5,12-14,18,20-21H2,2H3,(H,39,40)/t27-/m0/s1. The molecule has 9 nitrogen and oxygen atoms in total. The maximum atomic E-state index is 15.9. The van der Waals surface area contributed by atoms with Gasteiger partial charge in [0, 0.05) is 30.7 Å². The second-order valence-electron chi connectivity index (χ2n) is 11.5. The molecule has 0 saturated carbocycles. The van der Waals surface area contributed by atoms with Crippen molar-refractivity contribution in [2.24, 2.45) is 0 Å². The van der Waals surface area contributed by atoms with E-state index in [1.54, 1.807) is 30.3 Å². The van der Waals surface area contributed by atoms with E-state index in [1.165, 1.54) is 13.2 Å². The van der Waals surface area contributed by atoms with Gasteiger partial charge in [-0.3, -0.25) is 0 Å². The Kier molecular flexibility index (Phi) is 8.07. The predicted molar refractivity (Wildman–Crippen MR) is 172 cm³/mol. The lowest BCUT2D eigenvalue weighted by molar-refractivity contribution is -0.0589. The number of fused-ring (bicyclic) bond motifs is 7. The highest BCUT2D eigenvalue weighted by Gasteiger charge is 2.24. The van der Waals surface area contributed by atoms with E-state index in [2.05, 4.69) is 14.7 Å². The fourth-order valence-corrected chi connectivity index (χ4v) is 6.02. The molecule has 0 aliphatic carbocycles. The second kappa shape index (κ2) is 12.6. The minimum atomic E-state index is -0.426. The molecule has 5 aromatic rings. The lowest BCUT2D eigenvalue weighted by atomic mass is 10.0. The maximum Gasteiger partial charge on any atom is 0.337 e. The van der Waals surface area contributed by atoms with Crippen molar-refractivity contribution in [2.75, 3.05) is 25.6 Å². The summed E-state index contributed by atoms with van der Waals surface area (Å²) >= 11 is 0. The molecule has 3 aromatic carbocycles. The van der Waals surface area contributed by atoms with Gasteiger partial charge in [0.15, 0.2) is 5.69 Å².